The highest BCUT2D eigenvalue weighted by Crippen LogP contribution is 2.33. The first-order chi connectivity index (χ1) is 20.6. The van der Waals surface area contributed by atoms with Gasteiger partial charge in [0.1, 0.15) is 17.3 Å². The van der Waals surface area contributed by atoms with Gasteiger partial charge in [-0.3, -0.25) is 14.6 Å². The lowest BCUT2D eigenvalue weighted by Crippen LogP contribution is -2.40. The fourth-order valence-corrected chi connectivity index (χ4v) is 6.47. The Bertz CT molecular complexity index is 1650. The summed E-state index contributed by atoms with van der Waals surface area (Å²) in [6, 6.07) is 14.3. The zero-order chi connectivity index (χ0) is 30.6. The number of benzene rings is 2. The van der Waals surface area contributed by atoms with Crippen molar-refractivity contribution in [2.45, 2.75) is 50.2 Å². The third kappa shape index (κ3) is 7.11. The number of nitrogen functional groups attached to an aromatic ring is 1. The van der Waals surface area contributed by atoms with E-state index in [0.717, 1.165) is 5.56 Å². The van der Waals surface area contributed by atoms with Crippen molar-refractivity contribution < 1.29 is 23.2 Å². The number of hydrogen-bond donors (Lipinski definition) is 3. The van der Waals surface area contributed by atoms with Gasteiger partial charge < -0.3 is 16.6 Å². The third-order valence-corrected chi connectivity index (χ3v) is 9.26. The topological polar surface area (TPSA) is 164 Å². The summed E-state index contributed by atoms with van der Waals surface area (Å²) < 4.78 is 27.9. The van der Waals surface area contributed by atoms with Gasteiger partial charge in [-0.05, 0) is 60.7 Å². The summed E-state index contributed by atoms with van der Waals surface area (Å²) in [5, 5.41) is 11.1. The second kappa shape index (κ2) is 13.0. The van der Waals surface area contributed by atoms with Crippen LogP contribution >= 0.6 is 0 Å². The second-order valence-corrected chi connectivity index (χ2v) is 12.6. The molecule has 11 nitrogen and oxygen atoms in total. The number of pyridine rings is 1. The summed E-state index contributed by atoms with van der Waals surface area (Å²) in [4.78, 5) is 28.3. The number of aliphatic hydroxyl groups is 1. The van der Waals surface area contributed by atoms with Gasteiger partial charge in [0.15, 0.2) is 0 Å². The van der Waals surface area contributed by atoms with Crippen LogP contribution in [0.3, 0.4) is 0 Å². The van der Waals surface area contributed by atoms with Gasteiger partial charge in [-0.25, -0.2) is 18.5 Å². The normalized spacial score (nSPS) is 16.1. The highest BCUT2D eigenvalue weighted by atomic mass is 32.2. The third-order valence-electron chi connectivity index (χ3n) is 7.40. The molecule has 1 aromatic heterocycles. The van der Waals surface area contributed by atoms with E-state index in [4.69, 9.17) is 16.3 Å². The maximum Gasteiger partial charge on any atom is 0.273 e. The maximum absolute atomic E-state index is 13.6. The summed E-state index contributed by atoms with van der Waals surface area (Å²) in [7, 11) is -3.76. The number of aliphatic hydroxyl groups excluding tert-OH is 1. The molecule has 1 fully saturated rings. The van der Waals surface area contributed by atoms with E-state index in [1.54, 1.807) is 36.5 Å². The van der Waals surface area contributed by atoms with Gasteiger partial charge in [-0.15, -0.1) is 0 Å². The predicted octanol–water partition coefficient (Wildman–Crippen LogP) is 3.62. The Labute approximate surface area is 251 Å². The number of sulfonamides is 1. The number of rotatable bonds is 9. The standard InChI is InChI=1S/C31H36N6O5S/c1-2-11-37(42-20-21-3-7-26(32)8-4-21)31(39)24-14-23-6-5-22(16-29(23)35-30(33)17-24)25-15-28(19-34-18-25)43(40,41)36-12-9-27(38)10-13-36/h3-8,14-16,18-19,27,38H,2,9-13,17,20,32H2,1H3,(H2,33,35). The molecule has 0 bridgehead atoms. The summed E-state index contributed by atoms with van der Waals surface area (Å²) in [5.41, 5.74) is 16.6. The number of amidine groups is 1. The van der Waals surface area contributed by atoms with E-state index in [1.807, 2.05) is 31.2 Å². The summed E-state index contributed by atoms with van der Waals surface area (Å²) >= 11 is 0. The highest BCUT2D eigenvalue weighted by molar-refractivity contribution is 7.89. The number of nitrogens with two attached hydrogens (primary N) is 2. The highest BCUT2D eigenvalue weighted by Gasteiger charge is 2.29. The minimum absolute atomic E-state index is 0.0853. The van der Waals surface area contributed by atoms with Gasteiger partial charge in [0.25, 0.3) is 5.91 Å². The number of carbonyl (C=O) groups is 1. The lowest BCUT2D eigenvalue weighted by molar-refractivity contribution is -0.187. The first-order valence-corrected chi connectivity index (χ1v) is 15.7. The largest absolute Gasteiger partial charge is 0.399 e. The van der Waals surface area contributed by atoms with Gasteiger partial charge in [0.05, 0.1) is 11.8 Å². The molecule has 2 aliphatic rings. The van der Waals surface area contributed by atoms with Crippen LogP contribution in [0.5, 0.6) is 0 Å². The van der Waals surface area contributed by atoms with Crippen LogP contribution in [0.4, 0.5) is 11.4 Å². The molecular formula is C31H36N6O5S. The van der Waals surface area contributed by atoms with Crippen molar-refractivity contribution in [2.75, 3.05) is 25.4 Å². The zero-order valence-electron chi connectivity index (χ0n) is 24.0. The van der Waals surface area contributed by atoms with Crippen LogP contribution in [-0.4, -0.2) is 65.4 Å². The van der Waals surface area contributed by atoms with Crippen LogP contribution in [0.15, 0.2) is 76.4 Å². The molecule has 1 saturated heterocycles. The number of aromatic nitrogens is 1. The van der Waals surface area contributed by atoms with Crippen molar-refractivity contribution in [3.05, 3.63) is 77.6 Å². The Morgan fingerprint density at radius 1 is 1.07 bits per heavy atom. The number of anilines is 1. The van der Waals surface area contributed by atoms with Gasteiger partial charge >= 0.3 is 0 Å². The smallest absolute Gasteiger partial charge is 0.273 e. The molecule has 0 atom stereocenters. The van der Waals surface area contributed by atoms with Crippen LogP contribution in [-0.2, 0) is 26.3 Å². The van der Waals surface area contributed by atoms with Crippen molar-refractivity contribution in [1.82, 2.24) is 14.4 Å². The Hall–Kier alpha value is -4.10. The number of aliphatic imine (C=N–C) groups is 1. The minimum atomic E-state index is -3.76. The van der Waals surface area contributed by atoms with Crippen molar-refractivity contribution in [3.8, 4) is 11.1 Å². The fraction of sp³-hybridized carbons (Fsp3) is 0.323. The minimum Gasteiger partial charge on any atom is -0.399 e. The van der Waals surface area contributed by atoms with Crippen molar-refractivity contribution in [3.63, 3.8) is 0 Å². The number of fused-ring (bicyclic) bond motifs is 1. The Balaban J connectivity index is 1.38. The molecule has 0 spiro atoms. The number of piperidine rings is 1. The van der Waals surface area contributed by atoms with E-state index < -0.39 is 16.1 Å². The molecule has 226 valence electrons. The number of amides is 1. The van der Waals surface area contributed by atoms with E-state index in [1.165, 1.54) is 15.6 Å². The second-order valence-electron chi connectivity index (χ2n) is 10.7. The van der Waals surface area contributed by atoms with Crippen LogP contribution in [0.2, 0.25) is 0 Å². The van der Waals surface area contributed by atoms with E-state index in [0.29, 0.717) is 59.4 Å². The van der Waals surface area contributed by atoms with Crippen LogP contribution < -0.4 is 11.5 Å². The molecule has 3 heterocycles. The first-order valence-electron chi connectivity index (χ1n) is 14.2. The zero-order valence-corrected chi connectivity index (χ0v) is 24.8. The summed E-state index contributed by atoms with van der Waals surface area (Å²) in [6.07, 6.45) is 5.87. The maximum atomic E-state index is 13.6. The van der Waals surface area contributed by atoms with Gasteiger partial charge in [0.2, 0.25) is 10.0 Å². The molecule has 5 rings (SSSR count). The average molecular weight is 605 g/mol. The molecule has 2 aromatic carbocycles. The molecule has 0 aliphatic carbocycles. The number of hydrogen-bond acceptors (Lipinski definition) is 9. The molecular weight excluding hydrogens is 568 g/mol. The van der Waals surface area contributed by atoms with Gasteiger partial charge in [-0.2, -0.15) is 4.31 Å². The first kappa shape index (κ1) is 30.4. The lowest BCUT2D eigenvalue weighted by Gasteiger charge is -2.28. The van der Waals surface area contributed by atoms with Crippen LogP contribution in [0.25, 0.3) is 17.2 Å². The molecule has 12 heteroatoms. The van der Waals surface area contributed by atoms with E-state index in [9.17, 15) is 18.3 Å². The summed E-state index contributed by atoms with van der Waals surface area (Å²) in [5.74, 6) is -0.0214. The van der Waals surface area contributed by atoms with E-state index in [2.05, 4.69) is 9.98 Å². The molecule has 5 N–H and O–H groups in total. The van der Waals surface area contributed by atoms with Gasteiger partial charge in [0, 0.05) is 60.8 Å². The molecule has 2 aliphatic heterocycles. The molecule has 43 heavy (non-hydrogen) atoms. The summed E-state index contributed by atoms with van der Waals surface area (Å²) in [6.45, 7) is 3.10. The number of hydroxylamine groups is 2. The molecule has 3 aromatic rings. The van der Waals surface area contributed by atoms with E-state index >= 15 is 0 Å². The predicted molar refractivity (Wildman–Crippen MR) is 165 cm³/mol. The van der Waals surface area contributed by atoms with E-state index in [-0.39, 0.29) is 42.8 Å². The Morgan fingerprint density at radius 3 is 2.53 bits per heavy atom. The van der Waals surface area contributed by atoms with Crippen molar-refractivity contribution in [1.29, 1.82) is 0 Å². The van der Waals surface area contributed by atoms with Crippen molar-refractivity contribution in [2.24, 2.45) is 10.7 Å². The fourth-order valence-electron chi connectivity index (χ4n) is 5.01. The average Bonchev–Trinajstić information content (AvgIpc) is 3.17. The molecule has 0 unspecified atom stereocenters. The monoisotopic (exact) mass is 604 g/mol. The quantitative estimate of drug-likeness (QED) is 0.246. The Kier molecular flexibility index (Phi) is 9.21. The Morgan fingerprint density at radius 2 is 1.81 bits per heavy atom. The number of carbonyl (C=O) groups excluding carboxylic acids is 1. The van der Waals surface area contributed by atoms with Crippen LogP contribution in [0, 0.1) is 0 Å². The molecule has 1 amide bonds. The molecule has 0 radical (unpaired) electrons. The SMILES string of the molecule is CCCN(OCc1ccc(N)cc1)C(=O)C1=Cc2ccc(-c3cncc(S(=O)(=O)N4CCC(O)CC4)c3)cc2N=C(N)C1. The lowest BCUT2D eigenvalue weighted by atomic mass is 10.0. The van der Waals surface area contributed by atoms with Gasteiger partial charge in [-0.1, -0.05) is 31.2 Å². The molecule has 0 saturated carbocycles. The van der Waals surface area contributed by atoms with Crippen molar-refractivity contribution >= 4 is 39.2 Å². The number of nitrogens with zero attached hydrogens (tertiary/aromatic N) is 4. The van der Waals surface area contributed by atoms with Crippen LogP contribution in [0.1, 0.15) is 43.7 Å².